The molecule has 6 heteroatoms. The van der Waals surface area contributed by atoms with E-state index < -0.39 is 16.9 Å². The summed E-state index contributed by atoms with van der Waals surface area (Å²) < 4.78 is 5.18. The third kappa shape index (κ3) is 2.47. The molecule has 1 rings (SSSR count). The van der Waals surface area contributed by atoms with Gasteiger partial charge in [0.25, 0.3) is 5.91 Å². The molecule has 16 heavy (non-hydrogen) atoms. The lowest BCUT2D eigenvalue weighted by atomic mass is 10.2. The van der Waals surface area contributed by atoms with Gasteiger partial charge in [-0.25, -0.2) is 0 Å². The zero-order valence-electron chi connectivity index (χ0n) is 8.97. The normalized spacial score (nSPS) is 11.9. The van der Waals surface area contributed by atoms with Gasteiger partial charge in [0, 0.05) is 6.07 Å². The van der Waals surface area contributed by atoms with E-state index in [1.54, 1.807) is 19.1 Å². The molecule has 86 valence electrons. The molecular formula is C10H12N2O4. The van der Waals surface area contributed by atoms with Gasteiger partial charge < -0.3 is 10.5 Å². The molecule has 0 aromatic heterocycles. The maximum atomic E-state index is 10.8. The molecule has 0 aliphatic heterocycles. The average molecular weight is 224 g/mol. The fraction of sp³-hybridized carbons (Fsp3) is 0.300. The minimum absolute atomic E-state index is 0.0822. The Morgan fingerprint density at radius 3 is 2.69 bits per heavy atom. The van der Waals surface area contributed by atoms with Crippen LogP contribution in [0.1, 0.15) is 12.5 Å². The lowest BCUT2D eigenvalue weighted by Gasteiger charge is -2.13. The van der Waals surface area contributed by atoms with Crippen molar-refractivity contribution >= 4 is 11.6 Å². The molecule has 0 saturated carbocycles. The van der Waals surface area contributed by atoms with E-state index in [1.165, 1.54) is 13.0 Å². The molecule has 1 aromatic rings. The summed E-state index contributed by atoms with van der Waals surface area (Å²) in [6.45, 7) is 3.11. The summed E-state index contributed by atoms with van der Waals surface area (Å²) in [5.74, 6) is -0.587. The minimum atomic E-state index is -0.903. The first-order valence-corrected chi connectivity index (χ1v) is 4.63. The van der Waals surface area contributed by atoms with Crippen molar-refractivity contribution in [2.45, 2.75) is 20.0 Å². The molecule has 2 N–H and O–H groups in total. The highest BCUT2D eigenvalue weighted by Gasteiger charge is 2.21. The minimum Gasteiger partial charge on any atom is -0.474 e. The molecule has 0 heterocycles. The maximum absolute atomic E-state index is 10.8. The lowest BCUT2D eigenvalue weighted by Crippen LogP contribution is -2.31. The third-order valence-corrected chi connectivity index (χ3v) is 2.08. The standard InChI is InChI=1S/C10H12N2O4/c1-6-4-3-5-8(12(14)15)9(6)16-7(2)10(11)13/h3-5,7H,1-2H3,(H2,11,13). The number of nitro groups is 1. The summed E-state index contributed by atoms with van der Waals surface area (Å²) in [6.07, 6.45) is -0.903. The van der Waals surface area contributed by atoms with Gasteiger partial charge in [0.2, 0.25) is 5.75 Å². The van der Waals surface area contributed by atoms with Crippen LogP contribution in [0, 0.1) is 17.0 Å². The molecule has 0 fully saturated rings. The Balaban J connectivity index is 3.11. The molecule has 0 aliphatic rings. The molecule has 0 spiro atoms. The Kier molecular flexibility index (Phi) is 3.44. The van der Waals surface area contributed by atoms with Gasteiger partial charge in [-0.3, -0.25) is 14.9 Å². The van der Waals surface area contributed by atoms with Gasteiger partial charge in [-0.15, -0.1) is 0 Å². The van der Waals surface area contributed by atoms with Gasteiger partial charge in [0.15, 0.2) is 6.10 Å². The van der Waals surface area contributed by atoms with Crippen molar-refractivity contribution in [2.75, 3.05) is 0 Å². The average Bonchev–Trinajstić information content (AvgIpc) is 2.20. The zero-order valence-corrected chi connectivity index (χ0v) is 8.97. The number of nitrogens with zero attached hydrogens (tertiary/aromatic N) is 1. The lowest BCUT2D eigenvalue weighted by molar-refractivity contribution is -0.386. The number of carbonyl (C=O) groups is 1. The van der Waals surface area contributed by atoms with E-state index >= 15 is 0 Å². The number of primary amides is 1. The monoisotopic (exact) mass is 224 g/mol. The first-order chi connectivity index (χ1) is 7.43. The SMILES string of the molecule is Cc1cccc([N+](=O)[O-])c1OC(C)C(N)=O. The Morgan fingerprint density at radius 1 is 1.56 bits per heavy atom. The Bertz CT molecular complexity index is 431. The molecule has 0 radical (unpaired) electrons. The van der Waals surface area contributed by atoms with Crippen LogP contribution in [-0.4, -0.2) is 16.9 Å². The number of ether oxygens (including phenoxy) is 1. The summed E-state index contributed by atoms with van der Waals surface area (Å²) in [4.78, 5) is 21.0. The van der Waals surface area contributed by atoms with Crippen molar-refractivity contribution in [3.8, 4) is 5.75 Å². The van der Waals surface area contributed by atoms with E-state index in [1.807, 2.05) is 0 Å². The van der Waals surface area contributed by atoms with Crippen LogP contribution in [0.25, 0.3) is 0 Å². The Morgan fingerprint density at radius 2 is 2.19 bits per heavy atom. The van der Waals surface area contributed by atoms with E-state index in [0.717, 1.165) is 0 Å². The second kappa shape index (κ2) is 4.61. The second-order valence-electron chi connectivity index (χ2n) is 3.34. The fourth-order valence-electron chi connectivity index (χ4n) is 1.17. The summed E-state index contributed by atoms with van der Waals surface area (Å²) in [5.41, 5.74) is 5.44. The number of amides is 1. The molecule has 1 unspecified atom stereocenters. The number of nitro benzene ring substituents is 1. The van der Waals surface area contributed by atoms with Gasteiger partial charge in [0.1, 0.15) is 0 Å². The molecule has 1 amide bonds. The quantitative estimate of drug-likeness (QED) is 0.613. The van der Waals surface area contributed by atoms with Gasteiger partial charge in [-0.1, -0.05) is 12.1 Å². The van der Waals surface area contributed by atoms with Crippen molar-refractivity contribution in [1.29, 1.82) is 0 Å². The summed E-state index contributed by atoms with van der Waals surface area (Å²) >= 11 is 0. The van der Waals surface area contributed by atoms with Crippen molar-refractivity contribution < 1.29 is 14.5 Å². The molecule has 0 bridgehead atoms. The number of aryl methyl sites for hydroxylation is 1. The number of hydrogen-bond donors (Lipinski definition) is 1. The molecule has 6 nitrogen and oxygen atoms in total. The van der Waals surface area contributed by atoms with Crippen LogP contribution >= 0.6 is 0 Å². The van der Waals surface area contributed by atoms with E-state index in [4.69, 9.17) is 10.5 Å². The van der Waals surface area contributed by atoms with Crippen LogP contribution in [0.5, 0.6) is 5.75 Å². The molecular weight excluding hydrogens is 212 g/mol. The highest BCUT2D eigenvalue weighted by molar-refractivity contribution is 5.79. The van der Waals surface area contributed by atoms with Crippen LogP contribution in [0.4, 0.5) is 5.69 Å². The van der Waals surface area contributed by atoms with E-state index in [2.05, 4.69) is 0 Å². The second-order valence-corrected chi connectivity index (χ2v) is 3.34. The Hall–Kier alpha value is -2.11. The van der Waals surface area contributed by atoms with E-state index in [0.29, 0.717) is 5.56 Å². The predicted molar refractivity (Wildman–Crippen MR) is 57.1 cm³/mol. The van der Waals surface area contributed by atoms with Crippen LogP contribution in [-0.2, 0) is 4.79 Å². The van der Waals surface area contributed by atoms with Crippen molar-refractivity contribution in [2.24, 2.45) is 5.73 Å². The van der Waals surface area contributed by atoms with Gasteiger partial charge in [0.05, 0.1) is 4.92 Å². The summed E-state index contributed by atoms with van der Waals surface area (Å²) in [7, 11) is 0. The number of hydrogen-bond acceptors (Lipinski definition) is 4. The summed E-state index contributed by atoms with van der Waals surface area (Å²) in [5, 5.41) is 10.7. The molecule has 1 aromatic carbocycles. The number of nitrogens with two attached hydrogens (primary N) is 1. The van der Waals surface area contributed by atoms with Crippen molar-refractivity contribution in [3.05, 3.63) is 33.9 Å². The topological polar surface area (TPSA) is 95.5 Å². The molecule has 0 saturated heterocycles. The largest absolute Gasteiger partial charge is 0.474 e. The van der Waals surface area contributed by atoms with E-state index in [-0.39, 0.29) is 11.4 Å². The molecule has 0 aliphatic carbocycles. The third-order valence-electron chi connectivity index (χ3n) is 2.08. The van der Waals surface area contributed by atoms with E-state index in [9.17, 15) is 14.9 Å². The van der Waals surface area contributed by atoms with Crippen molar-refractivity contribution in [1.82, 2.24) is 0 Å². The number of benzene rings is 1. The highest BCUT2D eigenvalue weighted by atomic mass is 16.6. The van der Waals surface area contributed by atoms with Crippen LogP contribution in [0.15, 0.2) is 18.2 Å². The highest BCUT2D eigenvalue weighted by Crippen LogP contribution is 2.30. The van der Waals surface area contributed by atoms with Gasteiger partial charge in [-0.2, -0.15) is 0 Å². The smallest absolute Gasteiger partial charge is 0.311 e. The summed E-state index contributed by atoms with van der Waals surface area (Å²) in [6, 6.07) is 4.53. The zero-order chi connectivity index (χ0) is 12.3. The maximum Gasteiger partial charge on any atom is 0.311 e. The number of carbonyl (C=O) groups excluding carboxylic acids is 1. The molecule has 1 atom stereocenters. The number of para-hydroxylation sites is 1. The van der Waals surface area contributed by atoms with Gasteiger partial charge >= 0.3 is 5.69 Å². The van der Waals surface area contributed by atoms with Crippen molar-refractivity contribution in [3.63, 3.8) is 0 Å². The van der Waals surface area contributed by atoms with Crippen LogP contribution in [0.3, 0.4) is 0 Å². The first-order valence-electron chi connectivity index (χ1n) is 4.63. The van der Waals surface area contributed by atoms with Crippen LogP contribution in [0.2, 0.25) is 0 Å². The Labute approximate surface area is 92.2 Å². The predicted octanol–water partition coefficient (Wildman–Crippen LogP) is 1.16. The van der Waals surface area contributed by atoms with Crippen LogP contribution < -0.4 is 10.5 Å². The number of rotatable bonds is 4. The first kappa shape index (κ1) is 12.0. The fourth-order valence-corrected chi connectivity index (χ4v) is 1.17. The van der Waals surface area contributed by atoms with Gasteiger partial charge in [-0.05, 0) is 19.4 Å².